The lowest BCUT2D eigenvalue weighted by Gasteiger charge is -2.12. The lowest BCUT2D eigenvalue weighted by molar-refractivity contribution is 0.254. The molecule has 2 aromatic rings. The number of hydrogen-bond donors (Lipinski definition) is 3. The molecule has 1 aromatic heterocycles. The summed E-state index contributed by atoms with van der Waals surface area (Å²) in [6, 6.07) is 6.29. The van der Waals surface area contributed by atoms with Crippen molar-refractivity contribution in [2.24, 2.45) is 0 Å². The third kappa shape index (κ3) is 4.35. The first-order valence-corrected chi connectivity index (χ1v) is 6.69. The van der Waals surface area contributed by atoms with E-state index < -0.39 is 11.8 Å². The second kappa shape index (κ2) is 6.80. The molecule has 0 radical (unpaired) electrons. The van der Waals surface area contributed by atoms with Crippen LogP contribution in [0.3, 0.4) is 0 Å². The lowest BCUT2D eigenvalue weighted by atomic mass is 10.3. The summed E-state index contributed by atoms with van der Waals surface area (Å²) < 4.78 is 13.5. The van der Waals surface area contributed by atoms with Gasteiger partial charge in [0, 0.05) is 5.69 Å². The highest BCUT2D eigenvalue weighted by Crippen LogP contribution is 2.23. The van der Waals surface area contributed by atoms with Crippen molar-refractivity contribution < 1.29 is 9.18 Å². The Labute approximate surface area is 134 Å². The summed E-state index contributed by atoms with van der Waals surface area (Å²) in [4.78, 5) is 15.4. The average molecular weight is 350 g/mol. The van der Waals surface area contributed by atoms with Crippen LogP contribution in [0.1, 0.15) is 0 Å². The van der Waals surface area contributed by atoms with Gasteiger partial charge in [-0.25, -0.2) is 14.2 Å². The Balaban J connectivity index is 1.99. The van der Waals surface area contributed by atoms with E-state index in [9.17, 15) is 9.18 Å². The molecule has 0 bridgehead atoms. The molecule has 110 valence electrons. The molecule has 0 fully saturated rings. The summed E-state index contributed by atoms with van der Waals surface area (Å²) >= 11 is 17.2. The minimum absolute atomic E-state index is 0.0416. The largest absolute Gasteiger partial charge is 0.337 e. The molecule has 3 N–H and O–H groups in total. The van der Waals surface area contributed by atoms with E-state index in [0.717, 1.165) is 0 Å². The van der Waals surface area contributed by atoms with Gasteiger partial charge < -0.3 is 5.32 Å². The van der Waals surface area contributed by atoms with Crippen LogP contribution in [0.4, 0.5) is 20.6 Å². The van der Waals surface area contributed by atoms with E-state index in [1.54, 1.807) is 0 Å². The van der Waals surface area contributed by atoms with Crippen molar-refractivity contribution >= 4 is 52.2 Å². The fourth-order valence-electron chi connectivity index (χ4n) is 1.44. The van der Waals surface area contributed by atoms with Crippen LogP contribution >= 0.6 is 34.8 Å². The van der Waals surface area contributed by atoms with Crippen molar-refractivity contribution in [1.29, 1.82) is 0 Å². The van der Waals surface area contributed by atoms with Crippen LogP contribution in [-0.4, -0.2) is 11.0 Å². The van der Waals surface area contributed by atoms with Gasteiger partial charge in [-0.2, -0.15) is 0 Å². The van der Waals surface area contributed by atoms with E-state index in [1.165, 1.54) is 30.3 Å². The minimum Gasteiger partial charge on any atom is -0.306 e. The molecule has 9 heteroatoms. The van der Waals surface area contributed by atoms with Gasteiger partial charge in [-0.05, 0) is 24.3 Å². The number of carbonyl (C=O) groups is 1. The van der Waals surface area contributed by atoms with Gasteiger partial charge in [-0.1, -0.05) is 40.9 Å². The van der Waals surface area contributed by atoms with Crippen LogP contribution in [-0.2, 0) is 0 Å². The molecular formula is C12H8Cl3FN4O. The normalized spacial score (nSPS) is 10.1. The van der Waals surface area contributed by atoms with Gasteiger partial charge in [0.15, 0.2) is 0 Å². The monoisotopic (exact) mass is 348 g/mol. The van der Waals surface area contributed by atoms with Crippen LogP contribution in [0.5, 0.6) is 0 Å². The van der Waals surface area contributed by atoms with Crippen molar-refractivity contribution in [2.75, 3.05) is 10.7 Å². The van der Waals surface area contributed by atoms with Crippen molar-refractivity contribution in [3.8, 4) is 0 Å². The van der Waals surface area contributed by atoms with Crippen LogP contribution < -0.4 is 16.2 Å². The molecule has 21 heavy (non-hydrogen) atoms. The van der Waals surface area contributed by atoms with E-state index in [0.29, 0.717) is 5.69 Å². The first-order chi connectivity index (χ1) is 9.95. The van der Waals surface area contributed by atoms with E-state index in [-0.39, 0.29) is 21.0 Å². The highest BCUT2D eigenvalue weighted by Gasteiger charge is 2.08. The number of carbonyl (C=O) groups excluding carboxylic acids is 1. The molecule has 0 aliphatic rings. The number of para-hydroxylation sites is 1. The maximum absolute atomic E-state index is 13.5. The number of pyridine rings is 1. The molecule has 0 unspecified atom stereocenters. The Kier molecular flexibility index (Phi) is 5.06. The van der Waals surface area contributed by atoms with Gasteiger partial charge in [0.25, 0.3) is 0 Å². The summed E-state index contributed by atoms with van der Waals surface area (Å²) in [5.41, 5.74) is 4.91. The van der Waals surface area contributed by atoms with Crippen molar-refractivity contribution in [3.05, 3.63) is 51.5 Å². The quantitative estimate of drug-likeness (QED) is 0.571. The van der Waals surface area contributed by atoms with Crippen LogP contribution in [0.2, 0.25) is 15.3 Å². The second-order valence-corrected chi connectivity index (χ2v) is 4.98. The summed E-state index contributed by atoms with van der Waals surface area (Å²) in [7, 11) is 0. The number of anilines is 2. The SMILES string of the molecule is O=C(NNc1c(F)cccc1Cl)Nc1cc(Cl)nc(Cl)c1. The zero-order chi connectivity index (χ0) is 15.4. The fourth-order valence-corrected chi connectivity index (χ4v) is 2.11. The minimum atomic E-state index is -0.660. The first-order valence-electron chi connectivity index (χ1n) is 5.56. The van der Waals surface area contributed by atoms with Crippen LogP contribution in [0.25, 0.3) is 0 Å². The number of rotatable bonds is 3. The molecule has 2 rings (SSSR count). The van der Waals surface area contributed by atoms with Gasteiger partial charge in [-0.15, -0.1) is 0 Å². The van der Waals surface area contributed by atoms with Gasteiger partial charge in [0.2, 0.25) is 0 Å². The zero-order valence-electron chi connectivity index (χ0n) is 10.3. The highest BCUT2D eigenvalue weighted by molar-refractivity contribution is 6.33. The summed E-state index contributed by atoms with van der Waals surface area (Å²) in [5.74, 6) is -0.599. The molecule has 1 aromatic carbocycles. The fraction of sp³-hybridized carbons (Fsp3) is 0. The van der Waals surface area contributed by atoms with Crippen molar-refractivity contribution in [3.63, 3.8) is 0 Å². The molecule has 0 spiro atoms. The number of nitrogens with one attached hydrogen (secondary N) is 3. The molecular weight excluding hydrogens is 342 g/mol. The second-order valence-electron chi connectivity index (χ2n) is 3.80. The third-order valence-electron chi connectivity index (χ3n) is 2.28. The van der Waals surface area contributed by atoms with Crippen molar-refractivity contribution in [1.82, 2.24) is 10.4 Å². The van der Waals surface area contributed by atoms with Gasteiger partial charge in [0.1, 0.15) is 21.8 Å². The van der Waals surface area contributed by atoms with E-state index in [4.69, 9.17) is 34.8 Å². The molecule has 0 saturated heterocycles. The molecule has 0 saturated carbocycles. The summed E-state index contributed by atoms with van der Waals surface area (Å²) in [5, 5.41) is 2.83. The number of halogens is 4. The molecule has 0 aliphatic heterocycles. The van der Waals surface area contributed by atoms with E-state index in [1.807, 2.05) is 0 Å². The number of aromatic nitrogens is 1. The number of urea groups is 1. The number of hydrogen-bond acceptors (Lipinski definition) is 3. The maximum Gasteiger partial charge on any atom is 0.337 e. The van der Waals surface area contributed by atoms with Gasteiger partial charge in [0.05, 0.1) is 5.02 Å². The average Bonchev–Trinajstić information content (AvgIpc) is 2.36. The molecule has 0 atom stereocenters. The number of nitrogens with zero attached hydrogens (tertiary/aromatic N) is 1. The van der Waals surface area contributed by atoms with Crippen LogP contribution in [0.15, 0.2) is 30.3 Å². The number of benzene rings is 1. The Morgan fingerprint density at radius 2 is 1.81 bits per heavy atom. The smallest absolute Gasteiger partial charge is 0.306 e. The Morgan fingerprint density at radius 1 is 1.14 bits per heavy atom. The Morgan fingerprint density at radius 3 is 2.43 bits per heavy atom. The molecule has 2 amide bonds. The number of amides is 2. The molecule has 5 nitrogen and oxygen atoms in total. The van der Waals surface area contributed by atoms with Crippen LogP contribution in [0, 0.1) is 5.82 Å². The summed E-state index contributed by atoms with van der Waals surface area (Å²) in [6.45, 7) is 0. The standard InChI is InChI=1S/C12H8Cl3FN4O/c13-7-2-1-3-8(16)11(7)19-20-12(21)17-6-4-9(14)18-10(15)5-6/h1-5,19H,(H2,17,18,20,21). The predicted octanol–water partition coefficient (Wildman–Crippen LogP) is 4.33. The summed E-state index contributed by atoms with van der Waals surface area (Å²) in [6.07, 6.45) is 0. The van der Waals surface area contributed by atoms with Gasteiger partial charge in [-0.3, -0.25) is 10.9 Å². The predicted molar refractivity (Wildman–Crippen MR) is 81.4 cm³/mol. The molecule has 0 aliphatic carbocycles. The topological polar surface area (TPSA) is 66.1 Å². The zero-order valence-corrected chi connectivity index (χ0v) is 12.5. The molecule has 1 heterocycles. The van der Waals surface area contributed by atoms with Gasteiger partial charge >= 0.3 is 6.03 Å². The first kappa shape index (κ1) is 15.6. The van der Waals surface area contributed by atoms with Crippen molar-refractivity contribution in [2.45, 2.75) is 0 Å². The Bertz CT molecular complexity index is 643. The third-order valence-corrected chi connectivity index (χ3v) is 2.99. The van der Waals surface area contributed by atoms with E-state index in [2.05, 4.69) is 21.2 Å². The highest BCUT2D eigenvalue weighted by atomic mass is 35.5. The number of hydrazine groups is 1. The van der Waals surface area contributed by atoms with E-state index >= 15 is 0 Å². The lowest BCUT2D eigenvalue weighted by Crippen LogP contribution is -2.34. The Hall–Kier alpha value is -1.76. The maximum atomic E-state index is 13.5.